The SMILES string of the molecule is CCC(C)(c1ccc(O)c(O)c1)C(C)(C)C.c1ccc2n[nH]nc2c1. The number of nitrogens with zero attached hydrogens (tertiary/aromatic N) is 2. The molecule has 5 nitrogen and oxygen atoms in total. The summed E-state index contributed by atoms with van der Waals surface area (Å²) < 4.78 is 0. The molecule has 134 valence electrons. The Balaban J connectivity index is 0.000000208. The van der Waals surface area contributed by atoms with Gasteiger partial charge >= 0.3 is 0 Å². The maximum absolute atomic E-state index is 9.57. The van der Waals surface area contributed by atoms with Crippen LogP contribution >= 0.6 is 0 Å². The van der Waals surface area contributed by atoms with E-state index in [2.05, 4.69) is 50.0 Å². The van der Waals surface area contributed by atoms with E-state index in [0.29, 0.717) is 0 Å². The van der Waals surface area contributed by atoms with Crippen molar-refractivity contribution in [3.05, 3.63) is 48.0 Å². The molecular formula is C20H27N3O2. The van der Waals surface area contributed by atoms with Crippen LogP contribution in [0.2, 0.25) is 0 Å². The van der Waals surface area contributed by atoms with Gasteiger partial charge in [0.1, 0.15) is 11.0 Å². The molecule has 2 aromatic carbocycles. The molecule has 1 unspecified atom stereocenters. The number of rotatable bonds is 2. The molecule has 3 aromatic rings. The third kappa shape index (κ3) is 3.92. The first kappa shape index (κ1) is 18.8. The molecule has 1 atom stereocenters. The third-order valence-electron chi connectivity index (χ3n) is 5.20. The molecule has 1 aromatic heterocycles. The summed E-state index contributed by atoms with van der Waals surface area (Å²) in [5.74, 6) is -0.0995. The van der Waals surface area contributed by atoms with Gasteiger partial charge in [-0.1, -0.05) is 52.8 Å². The second-order valence-corrected chi connectivity index (χ2v) is 7.45. The molecule has 0 aliphatic rings. The zero-order valence-corrected chi connectivity index (χ0v) is 15.5. The van der Waals surface area contributed by atoms with Crippen molar-refractivity contribution in [2.24, 2.45) is 5.41 Å². The predicted molar refractivity (Wildman–Crippen MR) is 101 cm³/mol. The fourth-order valence-electron chi connectivity index (χ4n) is 2.82. The summed E-state index contributed by atoms with van der Waals surface area (Å²) in [4.78, 5) is 0. The molecule has 0 spiro atoms. The van der Waals surface area contributed by atoms with Crippen LogP contribution in [0, 0.1) is 5.41 Å². The first-order chi connectivity index (χ1) is 11.7. The number of para-hydroxylation sites is 2. The van der Waals surface area contributed by atoms with Crippen molar-refractivity contribution in [2.45, 2.75) is 46.5 Å². The van der Waals surface area contributed by atoms with E-state index in [9.17, 15) is 10.2 Å². The molecule has 0 fully saturated rings. The van der Waals surface area contributed by atoms with E-state index in [1.165, 1.54) is 0 Å². The van der Waals surface area contributed by atoms with Crippen molar-refractivity contribution in [1.29, 1.82) is 0 Å². The maximum atomic E-state index is 9.57. The van der Waals surface area contributed by atoms with Crippen LogP contribution in [0.1, 0.15) is 46.6 Å². The van der Waals surface area contributed by atoms with Gasteiger partial charge in [0, 0.05) is 0 Å². The quantitative estimate of drug-likeness (QED) is 0.586. The Morgan fingerprint density at radius 2 is 1.44 bits per heavy atom. The Hall–Kier alpha value is -2.56. The average Bonchev–Trinajstić information content (AvgIpc) is 3.04. The number of hydrogen-bond donors (Lipinski definition) is 3. The molecule has 3 rings (SSSR count). The second kappa shape index (κ2) is 7.13. The maximum Gasteiger partial charge on any atom is 0.157 e. The van der Waals surface area contributed by atoms with Gasteiger partial charge in [-0.3, -0.25) is 0 Å². The van der Waals surface area contributed by atoms with Gasteiger partial charge < -0.3 is 10.2 Å². The van der Waals surface area contributed by atoms with E-state index in [1.54, 1.807) is 12.1 Å². The van der Waals surface area contributed by atoms with Crippen LogP contribution in [-0.2, 0) is 5.41 Å². The molecule has 1 heterocycles. The number of phenols is 2. The van der Waals surface area contributed by atoms with Crippen LogP contribution in [0.25, 0.3) is 11.0 Å². The van der Waals surface area contributed by atoms with Crippen molar-refractivity contribution < 1.29 is 10.2 Å². The molecule has 5 heteroatoms. The van der Waals surface area contributed by atoms with Gasteiger partial charge in [0.15, 0.2) is 11.5 Å². The van der Waals surface area contributed by atoms with E-state index >= 15 is 0 Å². The fourth-order valence-corrected chi connectivity index (χ4v) is 2.82. The summed E-state index contributed by atoms with van der Waals surface area (Å²) in [5.41, 5.74) is 2.98. The number of phenolic OH excluding ortho intramolecular Hbond substituents is 2. The van der Waals surface area contributed by atoms with Crippen molar-refractivity contribution in [1.82, 2.24) is 15.4 Å². The number of aromatic hydroxyl groups is 2. The number of nitrogens with one attached hydrogen (secondary N) is 1. The lowest BCUT2D eigenvalue weighted by Crippen LogP contribution is -2.36. The molecule has 0 aliphatic heterocycles. The highest BCUT2D eigenvalue weighted by molar-refractivity contribution is 5.72. The minimum absolute atomic E-state index is 0.0157. The number of H-pyrrole nitrogens is 1. The van der Waals surface area contributed by atoms with Crippen molar-refractivity contribution >= 4 is 11.0 Å². The van der Waals surface area contributed by atoms with Crippen LogP contribution in [0.4, 0.5) is 0 Å². The van der Waals surface area contributed by atoms with Gasteiger partial charge in [0.2, 0.25) is 0 Å². The van der Waals surface area contributed by atoms with E-state index in [0.717, 1.165) is 23.0 Å². The van der Waals surface area contributed by atoms with Gasteiger partial charge in [-0.15, -0.1) is 0 Å². The minimum Gasteiger partial charge on any atom is -0.504 e. The van der Waals surface area contributed by atoms with Gasteiger partial charge in [-0.25, -0.2) is 0 Å². The Labute approximate surface area is 148 Å². The number of aromatic nitrogens is 3. The van der Waals surface area contributed by atoms with Crippen molar-refractivity contribution in [3.8, 4) is 11.5 Å². The largest absolute Gasteiger partial charge is 0.504 e. The van der Waals surface area contributed by atoms with Crippen LogP contribution in [-0.4, -0.2) is 25.6 Å². The van der Waals surface area contributed by atoms with Gasteiger partial charge in [0.05, 0.1) is 0 Å². The van der Waals surface area contributed by atoms with Gasteiger partial charge in [0.25, 0.3) is 0 Å². The Kier molecular flexibility index (Phi) is 5.36. The average molecular weight is 341 g/mol. The first-order valence-electron chi connectivity index (χ1n) is 8.47. The predicted octanol–water partition coefficient (Wildman–Crippen LogP) is 4.77. The van der Waals surface area contributed by atoms with Crippen LogP contribution < -0.4 is 0 Å². The number of hydrogen-bond acceptors (Lipinski definition) is 4. The Morgan fingerprint density at radius 3 is 1.88 bits per heavy atom. The standard InChI is InChI=1S/C14H22O2.C6H5N3/c1-6-14(5,13(2,3)4)10-7-8-11(15)12(16)9-10;1-2-4-6-5(3-1)7-9-8-6/h7-9,15-16H,6H2,1-5H3;1-4H,(H,7,8,9). The van der Waals surface area contributed by atoms with Crippen molar-refractivity contribution in [3.63, 3.8) is 0 Å². The summed E-state index contributed by atoms with van der Waals surface area (Å²) >= 11 is 0. The highest BCUT2D eigenvalue weighted by Gasteiger charge is 2.37. The monoisotopic (exact) mass is 341 g/mol. The molecule has 0 saturated carbocycles. The van der Waals surface area contributed by atoms with Gasteiger partial charge in [-0.05, 0) is 47.1 Å². The lowest BCUT2D eigenvalue weighted by Gasteiger charge is -2.42. The van der Waals surface area contributed by atoms with E-state index < -0.39 is 0 Å². The van der Waals surface area contributed by atoms with Crippen LogP contribution in [0.15, 0.2) is 42.5 Å². The fraction of sp³-hybridized carbons (Fsp3) is 0.400. The normalized spacial score (nSPS) is 13.8. The third-order valence-corrected chi connectivity index (χ3v) is 5.20. The molecule has 3 N–H and O–H groups in total. The molecule has 0 aliphatic carbocycles. The summed E-state index contributed by atoms with van der Waals surface area (Å²) in [6, 6.07) is 12.8. The topological polar surface area (TPSA) is 82.0 Å². The first-order valence-corrected chi connectivity index (χ1v) is 8.47. The lowest BCUT2D eigenvalue weighted by atomic mass is 9.62. The number of fused-ring (bicyclic) bond motifs is 1. The summed E-state index contributed by atoms with van der Waals surface area (Å²) in [6.07, 6.45) is 0.987. The van der Waals surface area contributed by atoms with Crippen LogP contribution in [0.5, 0.6) is 11.5 Å². The minimum atomic E-state index is -0.0592. The van der Waals surface area contributed by atoms with E-state index in [-0.39, 0.29) is 22.3 Å². The zero-order chi connectivity index (χ0) is 18.7. The number of aromatic amines is 1. The second-order valence-electron chi connectivity index (χ2n) is 7.45. The van der Waals surface area contributed by atoms with Gasteiger partial charge in [-0.2, -0.15) is 15.4 Å². The summed E-state index contributed by atoms with van der Waals surface area (Å²) in [6.45, 7) is 10.9. The highest BCUT2D eigenvalue weighted by atomic mass is 16.3. The Morgan fingerprint density at radius 1 is 0.880 bits per heavy atom. The molecule has 0 bridgehead atoms. The molecular weight excluding hydrogens is 314 g/mol. The smallest absolute Gasteiger partial charge is 0.157 e. The number of benzene rings is 2. The van der Waals surface area contributed by atoms with E-state index in [4.69, 9.17) is 0 Å². The van der Waals surface area contributed by atoms with Crippen LogP contribution in [0.3, 0.4) is 0 Å². The zero-order valence-electron chi connectivity index (χ0n) is 15.5. The Bertz CT molecular complexity index is 806. The van der Waals surface area contributed by atoms with Crippen molar-refractivity contribution in [2.75, 3.05) is 0 Å². The molecule has 0 saturated heterocycles. The van der Waals surface area contributed by atoms with E-state index in [1.807, 2.05) is 30.3 Å². The highest BCUT2D eigenvalue weighted by Crippen LogP contribution is 2.45. The lowest BCUT2D eigenvalue weighted by molar-refractivity contribution is 0.195. The molecule has 25 heavy (non-hydrogen) atoms. The molecule has 0 amide bonds. The summed E-state index contributed by atoms with van der Waals surface area (Å²) in [7, 11) is 0. The summed E-state index contributed by atoms with van der Waals surface area (Å²) in [5, 5.41) is 29.2. The molecule has 0 radical (unpaired) electrons.